The average molecular weight is 357 g/mol. The summed E-state index contributed by atoms with van der Waals surface area (Å²) < 4.78 is 38.1. The molecule has 0 fully saturated rings. The SMILES string of the molecule is Nc1nc(Nc2cc(C(F)(F)F)ccc2Cl)c(Cl)cc1Cl. The van der Waals surface area contributed by atoms with Gasteiger partial charge in [0.15, 0.2) is 5.82 Å². The van der Waals surface area contributed by atoms with Crippen LogP contribution in [-0.4, -0.2) is 4.98 Å². The lowest BCUT2D eigenvalue weighted by Gasteiger charge is -2.13. The molecule has 0 saturated carbocycles. The van der Waals surface area contributed by atoms with E-state index in [-0.39, 0.29) is 32.4 Å². The molecule has 0 atom stereocenters. The summed E-state index contributed by atoms with van der Waals surface area (Å²) in [4.78, 5) is 3.86. The molecule has 3 nitrogen and oxygen atoms in total. The van der Waals surface area contributed by atoms with Gasteiger partial charge in [-0.15, -0.1) is 0 Å². The van der Waals surface area contributed by atoms with E-state index in [1.54, 1.807) is 0 Å². The second-order valence-corrected chi connectivity index (χ2v) is 5.22. The smallest absolute Gasteiger partial charge is 0.382 e. The maximum atomic E-state index is 12.7. The Morgan fingerprint density at radius 1 is 1.00 bits per heavy atom. The van der Waals surface area contributed by atoms with Crippen LogP contribution in [0.4, 0.5) is 30.5 Å². The summed E-state index contributed by atoms with van der Waals surface area (Å²) in [6.07, 6.45) is -4.49. The second kappa shape index (κ2) is 5.79. The number of aromatic nitrogens is 1. The van der Waals surface area contributed by atoms with Crippen LogP contribution < -0.4 is 11.1 Å². The minimum Gasteiger partial charge on any atom is -0.382 e. The van der Waals surface area contributed by atoms with Crippen molar-refractivity contribution in [3.63, 3.8) is 0 Å². The summed E-state index contributed by atoms with van der Waals surface area (Å²) >= 11 is 17.5. The highest BCUT2D eigenvalue weighted by molar-refractivity contribution is 6.37. The number of alkyl halides is 3. The van der Waals surface area contributed by atoms with Gasteiger partial charge in [-0.3, -0.25) is 0 Å². The van der Waals surface area contributed by atoms with Crippen LogP contribution in [0, 0.1) is 0 Å². The molecule has 112 valence electrons. The van der Waals surface area contributed by atoms with E-state index in [1.807, 2.05) is 0 Å². The van der Waals surface area contributed by atoms with Gasteiger partial charge in [0.05, 0.1) is 26.3 Å². The first-order chi connectivity index (χ1) is 9.68. The van der Waals surface area contributed by atoms with Crippen molar-refractivity contribution in [2.24, 2.45) is 0 Å². The Labute approximate surface area is 132 Å². The number of nitrogen functional groups attached to an aromatic ring is 1. The molecule has 0 aliphatic carbocycles. The van der Waals surface area contributed by atoms with Gasteiger partial charge in [0.25, 0.3) is 0 Å². The second-order valence-electron chi connectivity index (χ2n) is 4.00. The largest absolute Gasteiger partial charge is 0.416 e. The van der Waals surface area contributed by atoms with Gasteiger partial charge in [-0.25, -0.2) is 4.98 Å². The van der Waals surface area contributed by atoms with Crippen LogP contribution in [0.1, 0.15) is 5.56 Å². The number of benzene rings is 1. The Bertz CT molecular complexity index is 689. The molecule has 21 heavy (non-hydrogen) atoms. The first-order valence-corrected chi connectivity index (χ1v) is 6.57. The highest BCUT2D eigenvalue weighted by Gasteiger charge is 2.31. The topological polar surface area (TPSA) is 50.9 Å². The third-order valence-corrected chi connectivity index (χ3v) is 3.42. The molecule has 9 heteroatoms. The Hall–Kier alpha value is -1.37. The summed E-state index contributed by atoms with van der Waals surface area (Å²) in [5.74, 6) is 0.0476. The minimum absolute atomic E-state index is 0.00242. The van der Waals surface area contributed by atoms with Crippen molar-refractivity contribution < 1.29 is 13.2 Å². The zero-order chi connectivity index (χ0) is 15.8. The number of anilines is 3. The number of hydrogen-bond acceptors (Lipinski definition) is 3. The predicted octanol–water partition coefficient (Wildman–Crippen LogP) is 5.39. The van der Waals surface area contributed by atoms with Gasteiger partial charge in [-0.2, -0.15) is 13.2 Å². The van der Waals surface area contributed by atoms with Gasteiger partial charge in [-0.1, -0.05) is 34.8 Å². The van der Waals surface area contributed by atoms with Crippen molar-refractivity contribution in [2.45, 2.75) is 6.18 Å². The zero-order valence-corrected chi connectivity index (χ0v) is 12.4. The average Bonchev–Trinajstić information content (AvgIpc) is 2.37. The Morgan fingerprint density at radius 2 is 1.67 bits per heavy atom. The molecular weight excluding hydrogens is 350 g/mol. The van der Waals surface area contributed by atoms with E-state index >= 15 is 0 Å². The van der Waals surface area contributed by atoms with Gasteiger partial charge < -0.3 is 11.1 Å². The summed E-state index contributed by atoms with van der Waals surface area (Å²) in [6, 6.07) is 4.18. The molecular formula is C12H7Cl3F3N3. The van der Waals surface area contributed by atoms with Crippen LogP contribution in [0.5, 0.6) is 0 Å². The fourth-order valence-corrected chi connectivity index (χ4v) is 2.06. The van der Waals surface area contributed by atoms with Crippen molar-refractivity contribution in [3.8, 4) is 0 Å². The van der Waals surface area contributed by atoms with Gasteiger partial charge in [-0.05, 0) is 24.3 Å². The third kappa shape index (κ3) is 3.64. The van der Waals surface area contributed by atoms with Crippen LogP contribution in [0.25, 0.3) is 0 Å². The first kappa shape index (κ1) is 16.0. The van der Waals surface area contributed by atoms with Crippen LogP contribution in [-0.2, 0) is 6.18 Å². The lowest BCUT2D eigenvalue weighted by atomic mass is 10.2. The molecule has 1 aromatic carbocycles. The van der Waals surface area contributed by atoms with E-state index in [2.05, 4.69) is 10.3 Å². The summed E-state index contributed by atoms with van der Waals surface area (Å²) in [5.41, 5.74) is 4.67. The molecule has 0 bridgehead atoms. The van der Waals surface area contributed by atoms with Crippen molar-refractivity contribution in [1.82, 2.24) is 4.98 Å². The van der Waals surface area contributed by atoms with Crippen molar-refractivity contribution >= 4 is 52.1 Å². The molecule has 0 aliphatic heterocycles. The maximum Gasteiger partial charge on any atom is 0.416 e. The number of hydrogen-bond donors (Lipinski definition) is 2. The molecule has 0 radical (unpaired) electrons. The normalized spacial score (nSPS) is 11.5. The lowest BCUT2D eigenvalue weighted by Crippen LogP contribution is -2.06. The molecule has 2 aromatic rings. The number of nitrogens with zero attached hydrogens (tertiary/aromatic N) is 1. The van der Waals surface area contributed by atoms with Crippen LogP contribution in [0.2, 0.25) is 15.1 Å². The van der Waals surface area contributed by atoms with Gasteiger partial charge in [0.1, 0.15) is 5.82 Å². The standard InChI is InChI=1S/C12H7Cl3F3N3/c13-6-2-1-5(12(16,17)18)3-9(6)20-11-8(15)4-7(14)10(19)21-11/h1-4H,(H3,19,20,21). The number of pyridine rings is 1. The molecule has 1 heterocycles. The van der Waals surface area contributed by atoms with E-state index in [0.717, 1.165) is 18.2 Å². The Balaban J connectivity index is 2.42. The highest BCUT2D eigenvalue weighted by Crippen LogP contribution is 2.36. The lowest BCUT2D eigenvalue weighted by molar-refractivity contribution is -0.137. The zero-order valence-electron chi connectivity index (χ0n) is 10.1. The highest BCUT2D eigenvalue weighted by atomic mass is 35.5. The summed E-state index contributed by atoms with van der Waals surface area (Å²) in [5, 5.41) is 2.92. The van der Waals surface area contributed by atoms with Gasteiger partial charge in [0, 0.05) is 0 Å². The van der Waals surface area contributed by atoms with Gasteiger partial charge >= 0.3 is 6.18 Å². The van der Waals surface area contributed by atoms with Crippen molar-refractivity contribution in [2.75, 3.05) is 11.1 Å². The van der Waals surface area contributed by atoms with E-state index in [4.69, 9.17) is 40.5 Å². The van der Waals surface area contributed by atoms with E-state index in [9.17, 15) is 13.2 Å². The van der Waals surface area contributed by atoms with Crippen molar-refractivity contribution in [3.05, 3.63) is 44.9 Å². The molecule has 0 spiro atoms. The van der Waals surface area contributed by atoms with Crippen molar-refractivity contribution in [1.29, 1.82) is 0 Å². The molecule has 0 unspecified atom stereocenters. The van der Waals surface area contributed by atoms with E-state index < -0.39 is 11.7 Å². The number of nitrogens with two attached hydrogens (primary N) is 1. The van der Waals surface area contributed by atoms with E-state index in [1.165, 1.54) is 6.07 Å². The fraction of sp³-hybridized carbons (Fsp3) is 0.0833. The molecule has 3 N–H and O–H groups in total. The summed E-state index contributed by atoms with van der Waals surface area (Å²) in [6.45, 7) is 0. The minimum atomic E-state index is -4.49. The molecule has 0 amide bonds. The number of rotatable bonds is 2. The predicted molar refractivity (Wildman–Crippen MR) is 78.4 cm³/mol. The first-order valence-electron chi connectivity index (χ1n) is 5.44. The Morgan fingerprint density at radius 3 is 2.29 bits per heavy atom. The molecule has 0 saturated heterocycles. The van der Waals surface area contributed by atoms with Crippen LogP contribution in [0.15, 0.2) is 24.3 Å². The van der Waals surface area contributed by atoms with E-state index in [0.29, 0.717) is 0 Å². The third-order valence-electron chi connectivity index (χ3n) is 2.50. The Kier molecular flexibility index (Phi) is 4.41. The van der Waals surface area contributed by atoms with Gasteiger partial charge in [0.2, 0.25) is 0 Å². The number of halogens is 6. The van der Waals surface area contributed by atoms with Crippen LogP contribution in [0.3, 0.4) is 0 Å². The monoisotopic (exact) mass is 355 g/mol. The molecule has 1 aromatic heterocycles. The summed E-state index contributed by atoms with van der Waals surface area (Å²) in [7, 11) is 0. The fourth-order valence-electron chi connectivity index (χ4n) is 1.49. The quantitative estimate of drug-likeness (QED) is 0.759. The maximum absolute atomic E-state index is 12.7. The molecule has 2 rings (SSSR count). The van der Waals surface area contributed by atoms with Crippen LogP contribution >= 0.6 is 34.8 Å². The number of nitrogens with one attached hydrogen (secondary N) is 1. The molecule has 0 aliphatic rings.